The Hall–Kier alpha value is -1.51. The highest BCUT2D eigenvalue weighted by molar-refractivity contribution is 5.91. The summed E-state index contributed by atoms with van der Waals surface area (Å²) in [5.41, 5.74) is 1.56. The third-order valence-electron chi connectivity index (χ3n) is 4.72. The molecule has 0 fully saturated rings. The van der Waals surface area contributed by atoms with E-state index >= 15 is 0 Å². The quantitative estimate of drug-likeness (QED) is 0.534. The molecular weight excluding hydrogens is 288 g/mol. The summed E-state index contributed by atoms with van der Waals surface area (Å²) >= 11 is 0. The number of unbranched alkanes of at least 4 members (excludes halogenated alkanes) is 6. The number of carboxylic acid groups (broad SMARTS) is 1. The highest BCUT2D eigenvalue weighted by Crippen LogP contribution is 2.34. The van der Waals surface area contributed by atoms with Gasteiger partial charge in [0, 0.05) is 0 Å². The Labute approximate surface area is 140 Å². The summed E-state index contributed by atoms with van der Waals surface area (Å²) < 4.78 is 0. The zero-order chi connectivity index (χ0) is 17.5. The van der Waals surface area contributed by atoms with Crippen LogP contribution in [0.3, 0.4) is 0 Å². The Morgan fingerprint density at radius 1 is 1.04 bits per heavy atom. The Bertz CT molecular complexity index is 518. The number of aromatic carboxylic acids is 1. The van der Waals surface area contributed by atoms with Gasteiger partial charge in [0.1, 0.15) is 11.3 Å². The maximum Gasteiger partial charge on any atom is 0.339 e. The molecule has 23 heavy (non-hydrogen) atoms. The van der Waals surface area contributed by atoms with Crippen LogP contribution in [0.25, 0.3) is 0 Å². The molecule has 1 rings (SSSR count). The molecule has 3 heteroatoms. The van der Waals surface area contributed by atoms with Crippen LogP contribution >= 0.6 is 0 Å². The molecule has 0 saturated heterocycles. The average Bonchev–Trinajstić information content (AvgIpc) is 2.48. The topological polar surface area (TPSA) is 57.5 Å². The highest BCUT2D eigenvalue weighted by Gasteiger charge is 2.24. The first-order valence-electron chi connectivity index (χ1n) is 8.87. The minimum absolute atomic E-state index is 0.00707. The van der Waals surface area contributed by atoms with Gasteiger partial charge in [-0.1, -0.05) is 71.8 Å². The van der Waals surface area contributed by atoms with Crippen LogP contribution in [0.4, 0.5) is 0 Å². The van der Waals surface area contributed by atoms with E-state index in [-0.39, 0.29) is 16.7 Å². The van der Waals surface area contributed by atoms with Crippen LogP contribution in [-0.2, 0) is 5.41 Å². The maximum atomic E-state index is 11.3. The largest absolute Gasteiger partial charge is 0.507 e. The predicted molar refractivity (Wildman–Crippen MR) is 95.4 cm³/mol. The van der Waals surface area contributed by atoms with Crippen LogP contribution in [0.5, 0.6) is 5.75 Å². The molecule has 0 aliphatic heterocycles. The van der Waals surface area contributed by atoms with Gasteiger partial charge in [-0.15, -0.1) is 0 Å². The van der Waals surface area contributed by atoms with Crippen molar-refractivity contribution < 1.29 is 15.0 Å². The zero-order valence-electron chi connectivity index (χ0n) is 15.1. The number of hydrogen-bond acceptors (Lipinski definition) is 2. The van der Waals surface area contributed by atoms with Crippen molar-refractivity contribution >= 4 is 5.97 Å². The Kier molecular flexibility index (Phi) is 7.60. The van der Waals surface area contributed by atoms with Gasteiger partial charge in [-0.2, -0.15) is 0 Å². The van der Waals surface area contributed by atoms with E-state index in [4.69, 9.17) is 0 Å². The lowest BCUT2D eigenvalue weighted by molar-refractivity contribution is 0.0693. The molecule has 0 heterocycles. The van der Waals surface area contributed by atoms with Crippen molar-refractivity contribution in [1.29, 1.82) is 0 Å². The van der Waals surface area contributed by atoms with Crippen molar-refractivity contribution in [2.75, 3.05) is 0 Å². The van der Waals surface area contributed by atoms with E-state index in [0.717, 1.165) is 18.4 Å². The first kappa shape index (κ1) is 19.5. The summed E-state index contributed by atoms with van der Waals surface area (Å²) in [5.74, 6) is -1.19. The summed E-state index contributed by atoms with van der Waals surface area (Å²) in [6, 6.07) is 3.55. The van der Waals surface area contributed by atoms with Crippen LogP contribution in [-0.4, -0.2) is 16.2 Å². The van der Waals surface area contributed by atoms with Crippen LogP contribution < -0.4 is 0 Å². The van der Waals surface area contributed by atoms with E-state index in [1.54, 1.807) is 13.0 Å². The number of benzene rings is 1. The Balaban J connectivity index is 2.64. The molecule has 0 spiro atoms. The Morgan fingerprint density at radius 3 is 2.17 bits per heavy atom. The van der Waals surface area contributed by atoms with E-state index in [1.807, 2.05) is 6.07 Å². The number of hydrogen-bond donors (Lipinski definition) is 2. The molecular formula is C20H32O3. The zero-order valence-corrected chi connectivity index (χ0v) is 15.1. The fourth-order valence-corrected chi connectivity index (χ4v) is 3.00. The lowest BCUT2D eigenvalue weighted by atomic mass is 9.78. The van der Waals surface area contributed by atoms with Gasteiger partial charge >= 0.3 is 5.97 Å². The van der Waals surface area contributed by atoms with Crippen LogP contribution in [0.2, 0.25) is 0 Å². The maximum absolute atomic E-state index is 11.3. The molecule has 1 aromatic rings. The fraction of sp³-hybridized carbons (Fsp3) is 0.650. The molecule has 0 aliphatic rings. The summed E-state index contributed by atoms with van der Waals surface area (Å²) in [7, 11) is 0. The SMILES string of the molecule is CCCCCCCCCC(C)(C)c1cc(C)c(O)c(C(=O)O)c1. The second kappa shape index (κ2) is 8.95. The number of carbonyl (C=O) groups is 1. The van der Waals surface area contributed by atoms with E-state index in [2.05, 4.69) is 20.8 Å². The van der Waals surface area contributed by atoms with E-state index < -0.39 is 5.97 Å². The molecule has 2 N–H and O–H groups in total. The molecule has 3 nitrogen and oxygen atoms in total. The third kappa shape index (κ3) is 5.89. The number of carboxylic acids is 1. The molecule has 0 aromatic heterocycles. The minimum Gasteiger partial charge on any atom is -0.507 e. The lowest BCUT2D eigenvalue weighted by Gasteiger charge is -2.26. The second-order valence-electron chi connectivity index (χ2n) is 7.25. The smallest absolute Gasteiger partial charge is 0.339 e. The molecule has 0 bridgehead atoms. The van der Waals surface area contributed by atoms with Gasteiger partial charge in [-0.05, 0) is 36.0 Å². The van der Waals surface area contributed by atoms with Gasteiger partial charge in [0.2, 0.25) is 0 Å². The molecule has 0 unspecified atom stereocenters. The number of phenols is 1. The van der Waals surface area contributed by atoms with Gasteiger partial charge in [-0.25, -0.2) is 4.79 Å². The standard InChI is InChI=1S/C20H32O3/c1-5-6-7-8-9-10-11-12-20(3,4)16-13-15(2)18(21)17(14-16)19(22)23/h13-14,21H,5-12H2,1-4H3,(H,22,23). The van der Waals surface area contributed by atoms with Crippen molar-refractivity contribution in [2.45, 2.75) is 84.5 Å². The van der Waals surface area contributed by atoms with Gasteiger partial charge in [0.25, 0.3) is 0 Å². The minimum atomic E-state index is -1.07. The van der Waals surface area contributed by atoms with Crippen LogP contribution in [0.15, 0.2) is 12.1 Å². The number of aromatic hydroxyl groups is 1. The van der Waals surface area contributed by atoms with Crippen LogP contribution in [0, 0.1) is 6.92 Å². The first-order chi connectivity index (χ1) is 10.8. The molecule has 0 amide bonds. The van der Waals surface area contributed by atoms with Crippen molar-refractivity contribution in [3.05, 3.63) is 28.8 Å². The van der Waals surface area contributed by atoms with Crippen molar-refractivity contribution in [1.82, 2.24) is 0 Å². The predicted octanol–water partition coefficient (Wildman–Crippen LogP) is 5.82. The first-order valence-corrected chi connectivity index (χ1v) is 8.87. The highest BCUT2D eigenvalue weighted by atomic mass is 16.4. The van der Waals surface area contributed by atoms with E-state index in [9.17, 15) is 15.0 Å². The van der Waals surface area contributed by atoms with Crippen LogP contribution in [0.1, 0.15) is 93.6 Å². The fourth-order valence-electron chi connectivity index (χ4n) is 3.00. The van der Waals surface area contributed by atoms with Crippen molar-refractivity contribution in [3.63, 3.8) is 0 Å². The molecule has 0 radical (unpaired) electrons. The number of rotatable bonds is 10. The third-order valence-corrected chi connectivity index (χ3v) is 4.72. The molecule has 1 aromatic carbocycles. The monoisotopic (exact) mass is 320 g/mol. The summed E-state index contributed by atoms with van der Waals surface area (Å²) in [6.07, 6.45) is 9.96. The number of aryl methyl sites for hydroxylation is 1. The molecule has 0 saturated carbocycles. The van der Waals surface area contributed by atoms with E-state index in [1.165, 1.54) is 38.5 Å². The van der Waals surface area contributed by atoms with Crippen molar-refractivity contribution in [2.24, 2.45) is 0 Å². The van der Waals surface area contributed by atoms with Gasteiger partial charge < -0.3 is 10.2 Å². The van der Waals surface area contributed by atoms with E-state index in [0.29, 0.717) is 5.56 Å². The summed E-state index contributed by atoms with van der Waals surface area (Å²) in [5, 5.41) is 19.1. The van der Waals surface area contributed by atoms with Crippen molar-refractivity contribution in [3.8, 4) is 5.75 Å². The second-order valence-corrected chi connectivity index (χ2v) is 7.25. The lowest BCUT2D eigenvalue weighted by Crippen LogP contribution is -2.18. The summed E-state index contributed by atoms with van der Waals surface area (Å²) in [6.45, 7) is 8.30. The normalized spacial score (nSPS) is 11.7. The molecule has 0 atom stereocenters. The average molecular weight is 320 g/mol. The van der Waals surface area contributed by atoms with Gasteiger partial charge in [0.05, 0.1) is 0 Å². The molecule has 0 aliphatic carbocycles. The van der Waals surface area contributed by atoms with Gasteiger partial charge in [0.15, 0.2) is 0 Å². The summed E-state index contributed by atoms with van der Waals surface area (Å²) in [4.78, 5) is 11.3. The molecule has 130 valence electrons. The van der Waals surface area contributed by atoms with Gasteiger partial charge in [-0.3, -0.25) is 0 Å². The Morgan fingerprint density at radius 2 is 1.61 bits per heavy atom.